The number of carbonyl (C=O) groups excluding carboxylic acids is 1. The van der Waals surface area contributed by atoms with E-state index < -0.39 is 0 Å². The highest BCUT2D eigenvalue weighted by atomic mass is 32.2. The van der Waals surface area contributed by atoms with Gasteiger partial charge in [-0.1, -0.05) is 30.0 Å². The van der Waals surface area contributed by atoms with Crippen LogP contribution in [0.3, 0.4) is 0 Å². The van der Waals surface area contributed by atoms with Gasteiger partial charge in [0.2, 0.25) is 5.91 Å². The van der Waals surface area contributed by atoms with E-state index in [0.717, 1.165) is 13.1 Å². The topological polar surface area (TPSA) is 95.3 Å². The lowest BCUT2D eigenvalue weighted by Crippen LogP contribution is -2.49. The first-order chi connectivity index (χ1) is 11.6. The minimum Gasteiger partial charge on any atom is -0.383 e. The van der Waals surface area contributed by atoms with Crippen LogP contribution in [0.25, 0.3) is 0 Å². The fourth-order valence-electron chi connectivity index (χ4n) is 2.60. The van der Waals surface area contributed by atoms with E-state index in [1.807, 2.05) is 23.1 Å². The zero-order valence-electron chi connectivity index (χ0n) is 13.1. The summed E-state index contributed by atoms with van der Waals surface area (Å²) in [7, 11) is 0. The number of nitrogens with one attached hydrogen (secondary N) is 1. The van der Waals surface area contributed by atoms with E-state index in [9.17, 15) is 9.59 Å². The van der Waals surface area contributed by atoms with Crippen LogP contribution in [0.15, 0.2) is 46.3 Å². The molecule has 1 aromatic heterocycles. The second-order valence-electron chi connectivity index (χ2n) is 5.47. The van der Waals surface area contributed by atoms with E-state index in [0.29, 0.717) is 18.2 Å². The Morgan fingerprint density at radius 3 is 2.58 bits per heavy atom. The molecule has 8 heteroatoms. The molecular weight excluding hydrogens is 326 g/mol. The highest BCUT2D eigenvalue weighted by Gasteiger charge is 2.21. The van der Waals surface area contributed by atoms with Crippen molar-refractivity contribution in [1.29, 1.82) is 0 Å². The molecule has 24 heavy (non-hydrogen) atoms. The summed E-state index contributed by atoms with van der Waals surface area (Å²) in [4.78, 5) is 34.4. The maximum absolute atomic E-state index is 12.3. The van der Waals surface area contributed by atoms with Gasteiger partial charge in [-0.3, -0.25) is 9.59 Å². The van der Waals surface area contributed by atoms with Crippen molar-refractivity contribution in [3.63, 3.8) is 0 Å². The molecule has 1 aliphatic heterocycles. The first-order valence-electron chi connectivity index (χ1n) is 7.69. The molecule has 0 aliphatic carbocycles. The van der Waals surface area contributed by atoms with Crippen LogP contribution in [-0.2, 0) is 4.79 Å². The van der Waals surface area contributed by atoms with Gasteiger partial charge in [0.15, 0.2) is 5.16 Å². The van der Waals surface area contributed by atoms with Gasteiger partial charge in [-0.15, -0.1) is 0 Å². The lowest BCUT2D eigenvalue weighted by atomic mass is 10.2. The van der Waals surface area contributed by atoms with Gasteiger partial charge in [-0.2, -0.15) is 0 Å². The lowest BCUT2D eigenvalue weighted by molar-refractivity contribution is -0.128. The number of aromatic nitrogens is 2. The number of nitrogens with two attached hydrogens (primary N) is 1. The smallest absolute Gasteiger partial charge is 0.253 e. The molecule has 2 aromatic rings. The number of para-hydroxylation sites is 1. The molecule has 1 saturated heterocycles. The molecule has 0 spiro atoms. The van der Waals surface area contributed by atoms with Crippen LogP contribution in [0.5, 0.6) is 0 Å². The second kappa shape index (κ2) is 7.39. The third-order valence-corrected chi connectivity index (χ3v) is 4.68. The summed E-state index contributed by atoms with van der Waals surface area (Å²) >= 11 is 1.20. The van der Waals surface area contributed by atoms with Gasteiger partial charge in [0.25, 0.3) is 5.56 Å². The largest absolute Gasteiger partial charge is 0.383 e. The number of H-pyrrole nitrogens is 1. The van der Waals surface area contributed by atoms with Crippen LogP contribution in [0.1, 0.15) is 0 Å². The first-order valence-corrected chi connectivity index (χ1v) is 8.68. The number of nitrogens with zero attached hydrogens (tertiary/aromatic N) is 3. The molecule has 1 amide bonds. The molecule has 0 unspecified atom stereocenters. The Bertz CT molecular complexity index is 757. The standard InChI is InChI=1S/C16H19N5O2S/c17-13-10-14(22)19-16(18-13)24-11-15(23)21-8-6-20(7-9-21)12-4-2-1-3-5-12/h1-5,10H,6-9,11H2,(H3,17,18,19,22). The molecule has 0 radical (unpaired) electrons. The Labute approximate surface area is 143 Å². The van der Waals surface area contributed by atoms with Crippen LogP contribution in [0.2, 0.25) is 0 Å². The number of aromatic amines is 1. The van der Waals surface area contributed by atoms with E-state index >= 15 is 0 Å². The van der Waals surface area contributed by atoms with Crippen LogP contribution in [-0.4, -0.2) is 52.7 Å². The molecule has 2 heterocycles. The summed E-state index contributed by atoms with van der Waals surface area (Å²) in [6.45, 7) is 3.01. The average Bonchev–Trinajstić information content (AvgIpc) is 2.60. The SMILES string of the molecule is Nc1cc(=O)[nH]c(SCC(=O)N2CCN(c3ccccc3)CC2)n1. The average molecular weight is 345 g/mol. The molecule has 1 fully saturated rings. The minimum atomic E-state index is -0.311. The molecule has 1 aliphatic rings. The maximum Gasteiger partial charge on any atom is 0.253 e. The molecular formula is C16H19N5O2S. The van der Waals surface area contributed by atoms with Gasteiger partial charge in [0.05, 0.1) is 5.75 Å². The molecule has 126 valence electrons. The third kappa shape index (κ3) is 4.08. The van der Waals surface area contributed by atoms with Gasteiger partial charge in [-0.05, 0) is 12.1 Å². The highest BCUT2D eigenvalue weighted by Crippen LogP contribution is 2.17. The number of rotatable bonds is 4. The highest BCUT2D eigenvalue weighted by molar-refractivity contribution is 7.99. The number of hydrogen-bond donors (Lipinski definition) is 2. The van der Waals surface area contributed by atoms with Gasteiger partial charge in [0, 0.05) is 37.9 Å². The van der Waals surface area contributed by atoms with Gasteiger partial charge < -0.3 is 20.5 Å². The Morgan fingerprint density at radius 1 is 1.21 bits per heavy atom. The van der Waals surface area contributed by atoms with E-state index in [4.69, 9.17) is 5.73 Å². The monoisotopic (exact) mass is 345 g/mol. The van der Waals surface area contributed by atoms with E-state index in [-0.39, 0.29) is 23.0 Å². The molecule has 7 nitrogen and oxygen atoms in total. The number of benzene rings is 1. The molecule has 0 bridgehead atoms. The summed E-state index contributed by atoms with van der Waals surface area (Å²) < 4.78 is 0. The molecule has 1 aromatic carbocycles. The second-order valence-corrected chi connectivity index (χ2v) is 6.43. The number of hydrogen-bond acceptors (Lipinski definition) is 6. The zero-order valence-corrected chi connectivity index (χ0v) is 14.0. The summed E-state index contributed by atoms with van der Waals surface area (Å²) in [5.74, 6) is 0.431. The zero-order chi connectivity index (χ0) is 16.9. The number of carbonyl (C=O) groups is 1. The third-order valence-electron chi connectivity index (χ3n) is 3.83. The van der Waals surface area contributed by atoms with Crippen molar-refractivity contribution in [3.05, 3.63) is 46.8 Å². The fourth-order valence-corrected chi connectivity index (χ4v) is 3.38. The van der Waals surface area contributed by atoms with Crippen molar-refractivity contribution in [2.75, 3.05) is 42.6 Å². The summed E-state index contributed by atoms with van der Waals surface area (Å²) in [6, 6.07) is 11.4. The Hall–Kier alpha value is -2.48. The fraction of sp³-hybridized carbons (Fsp3) is 0.312. The predicted octanol–water partition coefficient (Wildman–Crippen LogP) is 0.793. The van der Waals surface area contributed by atoms with Crippen LogP contribution >= 0.6 is 11.8 Å². The maximum atomic E-state index is 12.3. The van der Waals surface area contributed by atoms with Crippen molar-refractivity contribution >= 4 is 29.2 Å². The quantitative estimate of drug-likeness (QED) is 0.628. The number of nitrogen functional groups attached to an aromatic ring is 1. The van der Waals surface area contributed by atoms with E-state index in [1.165, 1.54) is 23.5 Å². The van der Waals surface area contributed by atoms with Crippen LogP contribution < -0.4 is 16.2 Å². The van der Waals surface area contributed by atoms with E-state index in [2.05, 4.69) is 27.0 Å². The summed E-state index contributed by atoms with van der Waals surface area (Å²) in [6.07, 6.45) is 0. The minimum absolute atomic E-state index is 0.0396. The lowest BCUT2D eigenvalue weighted by Gasteiger charge is -2.36. The van der Waals surface area contributed by atoms with Gasteiger partial charge in [-0.25, -0.2) is 4.98 Å². The molecule has 0 saturated carbocycles. The van der Waals surface area contributed by atoms with Crippen LogP contribution in [0, 0.1) is 0 Å². The van der Waals surface area contributed by atoms with Crippen molar-refractivity contribution in [1.82, 2.24) is 14.9 Å². The Balaban J connectivity index is 1.51. The Morgan fingerprint density at radius 2 is 1.92 bits per heavy atom. The predicted molar refractivity (Wildman–Crippen MR) is 95.2 cm³/mol. The van der Waals surface area contributed by atoms with Gasteiger partial charge in [0.1, 0.15) is 5.82 Å². The molecule has 3 rings (SSSR count). The van der Waals surface area contributed by atoms with Crippen LogP contribution in [0.4, 0.5) is 11.5 Å². The summed E-state index contributed by atoms with van der Waals surface area (Å²) in [5, 5.41) is 0.372. The number of piperazine rings is 1. The Kier molecular flexibility index (Phi) is 5.05. The number of thioether (sulfide) groups is 1. The van der Waals surface area contributed by atoms with Gasteiger partial charge >= 0.3 is 0 Å². The number of anilines is 2. The normalized spacial score (nSPS) is 14.7. The van der Waals surface area contributed by atoms with Crippen molar-refractivity contribution in [3.8, 4) is 0 Å². The first kappa shape index (κ1) is 16.4. The van der Waals surface area contributed by atoms with Crippen molar-refractivity contribution < 1.29 is 4.79 Å². The van der Waals surface area contributed by atoms with E-state index in [1.54, 1.807) is 0 Å². The molecule has 0 atom stereocenters. The summed E-state index contributed by atoms with van der Waals surface area (Å²) in [5.41, 5.74) is 6.40. The number of amides is 1. The molecule has 3 N–H and O–H groups in total. The van der Waals surface area contributed by atoms with Crippen molar-refractivity contribution in [2.45, 2.75) is 5.16 Å². The van der Waals surface area contributed by atoms with Crippen molar-refractivity contribution in [2.24, 2.45) is 0 Å².